The van der Waals surface area contributed by atoms with Crippen molar-refractivity contribution in [3.8, 4) is 39.1 Å². The third-order valence-electron chi connectivity index (χ3n) is 12.2. The summed E-state index contributed by atoms with van der Waals surface area (Å²) in [5.41, 5.74) is 15.5. The Balaban J connectivity index is 1.04. The van der Waals surface area contributed by atoms with Crippen LogP contribution in [-0.2, 0) is 0 Å². The molecule has 0 aliphatic carbocycles. The number of hydrogen-bond acceptors (Lipinski definition) is 2. The minimum atomic E-state index is 0.850. The van der Waals surface area contributed by atoms with Crippen molar-refractivity contribution in [1.82, 2.24) is 4.57 Å². The van der Waals surface area contributed by atoms with E-state index in [-0.39, 0.29) is 0 Å². The molecule has 0 atom stereocenters. The Labute approximate surface area is 353 Å². The average Bonchev–Trinajstić information content (AvgIpc) is 3.89. The van der Waals surface area contributed by atoms with Crippen molar-refractivity contribution in [3.63, 3.8) is 0 Å². The number of anilines is 3. The second-order valence-electron chi connectivity index (χ2n) is 15.6. The van der Waals surface area contributed by atoms with Gasteiger partial charge in [0.15, 0.2) is 0 Å². The maximum atomic E-state index is 6.96. The summed E-state index contributed by atoms with van der Waals surface area (Å²) in [7, 11) is 0. The van der Waals surface area contributed by atoms with Gasteiger partial charge in [0.05, 0.1) is 22.1 Å². The van der Waals surface area contributed by atoms with E-state index in [1.54, 1.807) is 0 Å². The van der Waals surface area contributed by atoms with Gasteiger partial charge in [0.2, 0.25) is 0 Å². The lowest BCUT2D eigenvalue weighted by Gasteiger charge is -2.26. The molecule has 3 nitrogen and oxygen atoms in total. The Morgan fingerprint density at radius 2 is 0.885 bits per heavy atom. The van der Waals surface area contributed by atoms with Crippen LogP contribution in [0.3, 0.4) is 0 Å². The summed E-state index contributed by atoms with van der Waals surface area (Å²) in [6.07, 6.45) is 0. The molecule has 0 unspecified atom stereocenters. The van der Waals surface area contributed by atoms with Crippen LogP contribution in [0, 0.1) is 0 Å². The lowest BCUT2D eigenvalue weighted by Crippen LogP contribution is -2.10. The fourth-order valence-electron chi connectivity index (χ4n) is 9.45. The van der Waals surface area contributed by atoms with Crippen LogP contribution < -0.4 is 4.90 Å². The number of aromatic nitrogens is 1. The largest absolute Gasteiger partial charge is 0.456 e. The highest BCUT2D eigenvalue weighted by Gasteiger charge is 2.24. The van der Waals surface area contributed by atoms with Crippen LogP contribution in [0.25, 0.3) is 93.6 Å². The first-order valence-corrected chi connectivity index (χ1v) is 20.8. The van der Waals surface area contributed by atoms with Crippen LogP contribution in [-0.4, -0.2) is 4.57 Å². The zero-order chi connectivity index (χ0) is 40.3. The Morgan fingerprint density at radius 3 is 1.61 bits per heavy atom. The SMILES string of the molecule is c1ccc(-c2ccc(-c3ccc(N(c4ccccc4)c4cccc5oc6cc(-c7cccc8c9ccccc9n(-c9ccccc9)c78)c7ccccc7c6c45)cc3)cc2)cc1. The summed E-state index contributed by atoms with van der Waals surface area (Å²) < 4.78 is 9.37. The molecule has 10 aromatic carbocycles. The smallest absolute Gasteiger partial charge is 0.137 e. The minimum Gasteiger partial charge on any atom is -0.456 e. The third-order valence-corrected chi connectivity index (χ3v) is 12.2. The van der Waals surface area contributed by atoms with Crippen LogP contribution in [0.1, 0.15) is 0 Å². The Bertz CT molecular complexity index is 3550. The number of hydrogen-bond donors (Lipinski definition) is 0. The summed E-state index contributed by atoms with van der Waals surface area (Å²) in [5, 5.41) is 6.98. The van der Waals surface area contributed by atoms with Gasteiger partial charge in [0, 0.05) is 38.8 Å². The van der Waals surface area contributed by atoms with Gasteiger partial charge in [-0.15, -0.1) is 0 Å². The molecule has 61 heavy (non-hydrogen) atoms. The van der Waals surface area contributed by atoms with Crippen LogP contribution >= 0.6 is 0 Å². The molecule has 3 heteroatoms. The maximum absolute atomic E-state index is 6.96. The van der Waals surface area contributed by atoms with Crippen molar-refractivity contribution in [2.24, 2.45) is 0 Å². The van der Waals surface area contributed by atoms with E-state index in [9.17, 15) is 0 Å². The molecule has 12 rings (SSSR count). The number of benzene rings is 10. The lowest BCUT2D eigenvalue weighted by molar-refractivity contribution is 0.669. The zero-order valence-electron chi connectivity index (χ0n) is 33.2. The fraction of sp³-hybridized carbons (Fsp3) is 0. The first-order valence-electron chi connectivity index (χ1n) is 20.8. The molecule has 0 aliphatic rings. The molecule has 0 saturated heterocycles. The summed E-state index contributed by atoms with van der Waals surface area (Å²) in [6, 6.07) is 82.6. The van der Waals surface area contributed by atoms with Crippen molar-refractivity contribution in [1.29, 1.82) is 0 Å². The molecule has 0 saturated carbocycles. The van der Waals surface area contributed by atoms with Gasteiger partial charge in [-0.05, 0) is 99.3 Å². The second-order valence-corrected chi connectivity index (χ2v) is 15.6. The minimum absolute atomic E-state index is 0.850. The Kier molecular flexibility index (Phi) is 8.17. The molecule has 0 fully saturated rings. The summed E-state index contributed by atoms with van der Waals surface area (Å²) >= 11 is 0. The van der Waals surface area contributed by atoms with Gasteiger partial charge in [0.25, 0.3) is 0 Å². The zero-order valence-corrected chi connectivity index (χ0v) is 33.2. The number of rotatable bonds is 7. The predicted molar refractivity (Wildman–Crippen MR) is 257 cm³/mol. The highest BCUT2D eigenvalue weighted by molar-refractivity contribution is 6.27. The van der Waals surface area contributed by atoms with Crippen LogP contribution in [0.15, 0.2) is 235 Å². The van der Waals surface area contributed by atoms with E-state index in [1.807, 2.05) is 0 Å². The first kappa shape index (κ1) is 34.9. The van der Waals surface area contributed by atoms with E-state index < -0.39 is 0 Å². The molecule has 2 heterocycles. The molecule has 0 aliphatic heterocycles. The first-order chi connectivity index (χ1) is 30.3. The summed E-state index contributed by atoms with van der Waals surface area (Å²) in [5.74, 6) is 0. The predicted octanol–water partition coefficient (Wildman–Crippen LogP) is 16.3. The average molecular weight is 779 g/mol. The third kappa shape index (κ3) is 5.74. The highest BCUT2D eigenvalue weighted by Crippen LogP contribution is 2.48. The monoisotopic (exact) mass is 778 g/mol. The van der Waals surface area contributed by atoms with Crippen molar-refractivity contribution in [3.05, 3.63) is 231 Å². The van der Waals surface area contributed by atoms with Gasteiger partial charge in [-0.1, -0.05) is 170 Å². The number of furan rings is 1. The molecule has 0 radical (unpaired) electrons. The van der Waals surface area contributed by atoms with E-state index in [2.05, 4.69) is 240 Å². The highest BCUT2D eigenvalue weighted by atomic mass is 16.3. The fourth-order valence-corrected chi connectivity index (χ4v) is 9.45. The molecule has 0 bridgehead atoms. The van der Waals surface area contributed by atoms with Gasteiger partial charge in [-0.3, -0.25) is 0 Å². The maximum Gasteiger partial charge on any atom is 0.137 e. The molecule has 0 spiro atoms. The van der Waals surface area contributed by atoms with Crippen molar-refractivity contribution < 1.29 is 4.42 Å². The quantitative estimate of drug-likeness (QED) is 0.161. The van der Waals surface area contributed by atoms with Crippen LogP contribution in [0.5, 0.6) is 0 Å². The molecule has 0 N–H and O–H groups in total. The van der Waals surface area contributed by atoms with E-state index in [4.69, 9.17) is 4.42 Å². The van der Waals surface area contributed by atoms with Gasteiger partial charge in [-0.2, -0.15) is 0 Å². The van der Waals surface area contributed by atoms with Gasteiger partial charge in [0.1, 0.15) is 11.2 Å². The molecule has 12 aromatic rings. The molecular weight excluding hydrogens is 741 g/mol. The molecule has 2 aromatic heterocycles. The Morgan fingerprint density at radius 1 is 0.344 bits per heavy atom. The van der Waals surface area contributed by atoms with E-state index >= 15 is 0 Å². The van der Waals surface area contributed by atoms with Crippen molar-refractivity contribution >= 4 is 71.6 Å². The topological polar surface area (TPSA) is 21.3 Å². The molecule has 0 amide bonds. The number of nitrogens with zero attached hydrogens (tertiary/aromatic N) is 2. The van der Waals surface area contributed by atoms with Gasteiger partial charge < -0.3 is 13.9 Å². The standard InChI is InChI=1S/C58H38N2O/c1-4-16-39(17-5-1)40-30-32-41(33-31-40)42-34-36-45(37-35-42)59(43-18-6-2-7-19-43)53-28-15-29-54-57(53)56-48-24-11-10-22-46(48)51(38-55(56)61-54)50-26-14-25-49-47-23-12-13-27-52(47)60(58(49)50)44-20-8-3-9-21-44/h1-38H. The van der Waals surface area contributed by atoms with Crippen molar-refractivity contribution in [2.75, 3.05) is 4.90 Å². The number of para-hydroxylation sites is 4. The van der Waals surface area contributed by atoms with Gasteiger partial charge >= 0.3 is 0 Å². The van der Waals surface area contributed by atoms with E-state index in [0.29, 0.717) is 0 Å². The van der Waals surface area contributed by atoms with Crippen molar-refractivity contribution in [2.45, 2.75) is 0 Å². The normalized spacial score (nSPS) is 11.6. The van der Waals surface area contributed by atoms with Crippen LogP contribution in [0.4, 0.5) is 17.1 Å². The Hall–Kier alpha value is -8.14. The summed E-state index contributed by atoms with van der Waals surface area (Å²) in [4.78, 5) is 2.36. The lowest BCUT2D eigenvalue weighted by atomic mass is 9.93. The molecular formula is C58H38N2O. The van der Waals surface area contributed by atoms with E-state index in [0.717, 1.165) is 61.2 Å². The van der Waals surface area contributed by atoms with Gasteiger partial charge in [-0.25, -0.2) is 0 Å². The van der Waals surface area contributed by atoms with Crippen LogP contribution in [0.2, 0.25) is 0 Å². The molecule has 286 valence electrons. The summed E-state index contributed by atoms with van der Waals surface area (Å²) in [6.45, 7) is 0. The number of fused-ring (bicyclic) bond motifs is 8. The second kappa shape index (κ2) is 14.3. The van der Waals surface area contributed by atoms with E-state index in [1.165, 1.54) is 49.4 Å².